The van der Waals surface area contributed by atoms with Gasteiger partial charge >= 0.3 is 0 Å². The molecule has 8 atom stereocenters. The number of rotatable bonds is 4. The SMILES string of the molecule is CC1=C[C@@H](O)[C@@H](C(C)C)C[C@H]1O[C@@H]1O[C@H](CO)[C@@H](O)[C@H](O)[C@H]1O. The summed E-state index contributed by atoms with van der Waals surface area (Å²) in [5.74, 6) is 0.281. The Hall–Kier alpha value is -0.540. The molecular weight excluding hydrogens is 304 g/mol. The topological polar surface area (TPSA) is 120 Å². The van der Waals surface area contributed by atoms with Crippen molar-refractivity contribution in [2.45, 2.75) is 70.1 Å². The minimum Gasteiger partial charge on any atom is -0.394 e. The van der Waals surface area contributed by atoms with Gasteiger partial charge in [0, 0.05) is 0 Å². The second kappa shape index (κ2) is 7.57. The van der Waals surface area contributed by atoms with Crippen LogP contribution in [0.1, 0.15) is 27.2 Å². The molecule has 0 spiro atoms. The largest absolute Gasteiger partial charge is 0.394 e. The average Bonchev–Trinajstić information content (AvgIpc) is 2.49. The van der Waals surface area contributed by atoms with Gasteiger partial charge < -0.3 is 35.0 Å². The molecule has 1 heterocycles. The van der Waals surface area contributed by atoms with Crippen LogP contribution in [0.4, 0.5) is 0 Å². The van der Waals surface area contributed by atoms with E-state index in [9.17, 15) is 25.5 Å². The summed E-state index contributed by atoms with van der Waals surface area (Å²) in [7, 11) is 0. The Kier molecular flexibility index (Phi) is 6.18. The zero-order valence-electron chi connectivity index (χ0n) is 13.7. The van der Waals surface area contributed by atoms with Crippen LogP contribution in [-0.4, -0.2) is 75.1 Å². The van der Waals surface area contributed by atoms with Crippen LogP contribution in [0.15, 0.2) is 11.6 Å². The zero-order chi connectivity index (χ0) is 17.3. The van der Waals surface area contributed by atoms with Gasteiger partial charge in [-0.2, -0.15) is 0 Å². The van der Waals surface area contributed by atoms with Crippen molar-refractivity contribution in [2.24, 2.45) is 11.8 Å². The quantitative estimate of drug-likeness (QED) is 0.426. The molecule has 23 heavy (non-hydrogen) atoms. The third-order valence-electron chi connectivity index (χ3n) is 4.87. The highest BCUT2D eigenvalue weighted by Gasteiger charge is 2.45. The molecule has 0 bridgehead atoms. The first-order valence-corrected chi connectivity index (χ1v) is 8.08. The van der Waals surface area contributed by atoms with Crippen LogP contribution in [0.3, 0.4) is 0 Å². The maximum Gasteiger partial charge on any atom is 0.187 e. The highest BCUT2D eigenvalue weighted by atomic mass is 16.7. The molecule has 0 saturated carbocycles. The summed E-state index contributed by atoms with van der Waals surface area (Å²) in [4.78, 5) is 0. The molecule has 7 nitrogen and oxygen atoms in total. The fourth-order valence-corrected chi connectivity index (χ4v) is 3.24. The van der Waals surface area contributed by atoms with E-state index in [0.29, 0.717) is 6.42 Å². The molecule has 1 aliphatic carbocycles. The van der Waals surface area contributed by atoms with Crippen LogP contribution in [0.2, 0.25) is 0 Å². The summed E-state index contributed by atoms with van der Waals surface area (Å²) in [5.41, 5.74) is 0.825. The Morgan fingerprint density at radius 1 is 1.17 bits per heavy atom. The fourth-order valence-electron chi connectivity index (χ4n) is 3.24. The van der Waals surface area contributed by atoms with Gasteiger partial charge in [0.15, 0.2) is 6.29 Å². The second-order valence-electron chi connectivity index (χ2n) is 6.87. The number of hydrogen-bond acceptors (Lipinski definition) is 7. The van der Waals surface area contributed by atoms with E-state index in [-0.39, 0.29) is 17.9 Å². The molecule has 0 amide bonds. The minimum absolute atomic E-state index is 0.0218. The molecule has 0 radical (unpaired) electrons. The number of aliphatic hydroxyl groups is 5. The third kappa shape index (κ3) is 3.93. The van der Waals surface area contributed by atoms with E-state index in [4.69, 9.17) is 9.47 Å². The molecule has 0 aromatic rings. The summed E-state index contributed by atoms with van der Waals surface area (Å²) in [5, 5.41) is 49.0. The molecular formula is C16H28O7. The van der Waals surface area contributed by atoms with E-state index in [0.717, 1.165) is 5.57 Å². The van der Waals surface area contributed by atoms with Crippen LogP contribution in [-0.2, 0) is 9.47 Å². The van der Waals surface area contributed by atoms with E-state index in [2.05, 4.69) is 0 Å². The summed E-state index contributed by atoms with van der Waals surface area (Å²) in [6.07, 6.45) is -5.01. The second-order valence-corrected chi connectivity index (χ2v) is 6.87. The van der Waals surface area contributed by atoms with Gasteiger partial charge in [-0.15, -0.1) is 0 Å². The molecule has 0 aromatic carbocycles. The first-order chi connectivity index (χ1) is 10.8. The maximum atomic E-state index is 10.1. The Balaban J connectivity index is 2.09. The molecule has 134 valence electrons. The van der Waals surface area contributed by atoms with E-state index in [1.807, 2.05) is 20.8 Å². The van der Waals surface area contributed by atoms with Crippen LogP contribution in [0.25, 0.3) is 0 Å². The fraction of sp³-hybridized carbons (Fsp3) is 0.875. The molecule has 1 aliphatic heterocycles. The van der Waals surface area contributed by atoms with Crippen molar-refractivity contribution < 1.29 is 35.0 Å². The van der Waals surface area contributed by atoms with Crippen molar-refractivity contribution in [1.29, 1.82) is 0 Å². The average molecular weight is 332 g/mol. The van der Waals surface area contributed by atoms with Crippen molar-refractivity contribution in [3.05, 3.63) is 11.6 Å². The van der Waals surface area contributed by atoms with Crippen LogP contribution in [0.5, 0.6) is 0 Å². The third-order valence-corrected chi connectivity index (χ3v) is 4.87. The molecule has 1 fully saturated rings. The zero-order valence-corrected chi connectivity index (χ0v) is 13.7. The van der Waals surface area contributed by atoms with Gasteiger partial charge in [-0.25, -0.2) is 0 Å². The summed E-state index contributed by atoms with van der Waals surface area (Å²) in [6, 6.07) is 0. The lowest BCUT2D eigenvalue weighted by atomic mass is 9.79. The highest BCUT2D eigenvalue weighted by molar-refractivity contribution is 5.14. The van der Waals surface area contributed by atoms with Gasteiger partial charge in [0.25, 0.3) is 0 Å². The number of hydrogen-bond donors (Lipinski definition) is 5. The van der Waals surface area contributed by atoms with Crippen LogP contribution in [0, 0.1) is 11.8 Å². The Bertz CT molecular complexity index is 423. The molecule has 2 rings (SSSR count). The highest BCUT2D eigenvalue weighted by Crippen LogP contribution is 2.33. The molecule has 0 aromatic heterocycles. The molecule has 1 saturated heterocycles. The Labute approximate surface area is 136 Å². The Morgan fingerprint density at radius 3 is 2.39 bits per heavy atom. The molecule has 0 unspecified atom stereocenters. The smallest absolute Gasteiger partial charge is 0.187 e. The normalized spacial score (nSPS) is 45.2. The van der Waals surface area contributed by atoms with Crippen LogP contribution >= 0.6 is 0 Å². The van der Waals surface area contributed by atoms with Crippen LogP contribution < -0.4 is 0 Å². The van der Waals surface area contributed by atoms with E-state index < -0.39 is 43.4 Å². The van der Waals surface area contributed by atoms with Crippen molar-refractivity contribution in [2.75, 3.05) is 6.61 Å². The van der Waals surface area contributed by atoms with Gasteiger partial charge in [-0.3, -0.25) is 0 Å². The lowest BCUT2D eigenvalue weighted by Crippen LogP contribution is -2.60. The number of ether oxygens (including phenoxy) is 2. The summed E-state index contributed by atoms with van der Waals surface area (Å²) >= 11 is 0. The van der Waals surface area contributed by atoms with Crippen molar-refractivity contribution in [1.82, 2.24) is 0 Å². The van der Waals surface area contributed by atoms with Gasteiger partial charge in [0.05, 0.1) is 18.8 Å². The van der Waals surface area contributed by atoms with E-state index in [1.54, 1.807) is 6.08 Å². The van der Waals surface area contributed by atoms with Crippen molar-refractivity contribution in [3.63, 3.8) is 0 Å². The molecule has 2 aliphatic rings. The summed E-state index contributed by atoms with van der Waals surface area (Å²) < 4.78 is 11.2. The van der Waals surface area contributed by atoms with Gasteiger partial charge in [0.2, 0.25) is 0 Å². The molecule has 7 heteroatoms. The van der Waals surface area contributed by atoms with Gasteiger partial charge in [-0.05, 0) is 30.8 Å². The summed E-state index contributed by atoms with van der Waals surface area (Å²) in [6.45, 7) is 5.38. The standard InChI is InChI=1S/C16H28O7/c1-7(2)9-5-11(8(3)4-10(9)18)22-16-15(21)14(20)13(19)12(6-17)23-16/h4,7,9-21H,5-6H2,1-3H3/t9-,10-,11-,12-,13-,14+,15-,16-/m1/s1. The monoisotopic (exact) mass is 332 g/mol. The van der Waals surface area contributed by atoms with Gasteiger partial charge in [0.1, 0.15) is 24.4 Å². The lowest BCUT2D eigenvalue weighted by Gasteiger charge is -2.42. The minimum atomic E-state index is -1.45. The van der Waals surface area contributed by atoms with E-state index in [1.165, 1.54) is 0 Å². The molecule has 5 N–H and O–H groups in total. The lowest BCUT2D eigenvalue weighted by molar-refractivity contribution is -0.310. The first kappa shape index (κ1) is 18.8. The van der Waals surface area contributed by atoms with Crippen molar-refractivity contribution >= 4 is 0 Å². The van der Waals surface area contributed by atoms with Gasteiger partial charge in [-0.1, -0.05) is 19.9 Å². The maximum absolute atomic E-state index is 10.1. The van der Waals surface area contributed by atoms with Crippen molar-refractivity contribution in [3.8, 4) is 0 Å². The first-order valence-electron chi connectivity index (χ1n) is 8.08. The Morgan fingerprint density at radius 2 is 1.83 bits per heavy atom. The predicted octanol–water partition coefficient (Wildman–Crippen LogP) is -0.845. The number of aliphatic hydroxyl groups excluding tert-OH is 5. The predicted molar refractivity (Wildman–Crippen MR) is 81.3 cm³/mol. The van der Waals surface area contributed by atoms with E-state index >= 15 is 0 Å².